The van der Waals surface area contributed by atoms with Crippen LogP contribution in [0.4, 0.5) is 26.4 Å². The molecule has 7 heteroatoms. The third-order valence-electron chi connectivity index (χ3n) is 4.69. The molecule has 0 aliphatic carbocycles. The Labute approximate surface area is 166 Å². The summed E-state index contributed by atoms with van der Waals surface area (Å²) in [6, 6.07) is 15.2. The standard InChI is InChI=1S/C22H19FN4O2/c1-12-3-10-17(23)18(11-12)26-22(28)25-15-7-5-14(6-8-15)16-9-4-13(2)20-19(16)21(24)29-27-20/h3-11H,24H2,1-2H3,(H2,25,26,28). The van der Waals surface area contributed by atoms with Crippen molar-refractivity contribution >= 4 is 34.2 Å². The summed E-state index contributed by atoms with van der Waals surface area (Å²) in [6.07, 6.45) is 0. The number of anilines is 3. The highest BCUT2D eigenvalue weighted by atomic mass is 19.1. The summed E-state index contributed by atoms with van der Waals surface area (Å²) in [5.41, 5.74) is 11.0. The van der Waals surface area contributed by atoms with E-state index in [0.29, 0.717) is 5.69 Å². The number of benzene rings is 3. The molecule has 4 N–H and O–H groups in total. The number of nitrogens with one attached hydrogen (secondary N) is 2. The van der Waals surface area contributed by atoms with E-state index in [1.807, 2.05) is 38.1 Å². The minimum absolute atomic E-state index is 0.129. The molecule has 1 heterocycles. The number of carbonyl (C=O) groups is 1. The molecule has 0 aliphatic rings. The first-order valence-electron chi connectivity index (χ1n) is 9.01. The number of amides is 2. The molecule has 4 aromatic rings. The number of nitrogen functional groups attached to an aromatic ring is 1. The van der Waals surface area contributed by atoms with Gasteiger partial charge in [0.05, 0.1) is 11.1 Å². The molecule has 4 rings (SSSR count). The number of fused-ring (bicyclic) bond motifs is 1. The first kappa shape index (κ1) is 18.5. The van der Waals surface area contributed by atoms with Crippen LogP contribution in [-0.2, 0) is 0 Å². The second-order valence-corrected chi connectivity index (χ2v) is 6.84. The van der Waals surface area contributed by atoms with Crippen LogP contribution in [0.3, 0.4) is 0 Å². The number of nitrogens with two attached hydrogens (primary N) is 1. The SMILES string of the molecule is Cc1ccc(F)c(NC(=O)Nc2ccc(-c3ccc(C)c4noc(N)c34)cc2)c1. The Kier molecular flexibility index (Phi) is 4.64. The molecule has 6 nitrogen and oxygen atoms in total. The highest BCUT2D eigenvalue weighted by Gasteiger charge is 2.14. The fourth-order valence-corrected chi connectivity index (χ4v) is 3.20. The first-order valence-corrected chi connectivity index (χ1v) is 9.01. The van der Waals surface area contributed by atoms with Crippen LogP contribution < -0.4 is 16.4 Å². The topological polar surface area (TPSA) is 93.2 Å². The molecule has 0 saturated carbocycles. The van der Waals surface area contributed by atoms with Gasteiger partial charge in [0, 0.05) is 5.69 Å². The molecule has 0 radical (unpaired) electrons. The molecule has 146 valence electrons. The van der Waals surface area contributed by atoms with Crippen LogP contribution in [0, 0.1) is 19.7 Å². The van der Waals surface area contributed by atoms with Crippen LogP contribution in [0.2, 0.25) is 0 Å². The van der Waals surface area contributed by atoms with Gasteiger partial charge in [-0.15, -0.1) is 0 Å². The molecule has 0 fully saturated rings. The van der Waals surface area contributed by atoms with E-state index in [-0.39, 0.29) is 11.6 Å². The number of hydrogen-bond acceptors (Lipinski definition) is 4. The number of aromatic nitrogens is 1. The monoisotopic (exact) mass is 390 g/mol. The summed E-state index contributed by atoms with van der Waals surface area (Å²) in [5, 5.41) is 9.99. The van der Waals surface area contributed by atoms with E-state index >= 15 is 0 Å². The van der Waals surface area contributed by atoms with Crippen LogP contribution in [0.1, 0.15) is 11.1 Å². The number of aryl methyl sites for hydroxylation is 2. The smallest absolute Gasteiger partial charge is 0.323 e. The number of rotatable bonds is 3. The van der Waals surface area contributed by atoms with Crippen molar-refractivity contribution in [3.63, 3.8) is 0 Å². The van der Waals surface area contributed by atoms with Gasteiger partial charge >= 0.3 is 6.03 Å². The fraction of sp³-hybridized carbons (Fsp3) is 0.0909. The molecule has 1 aromatic heterocycles. The lowest BCUT2D eigenvalue weighted by molar-refractivity contribution is 0.262. The molecule has 3 aromatic carbocycles. The summed E-state index contributed by atoms with van der Waals surface area (Å²) in [7, 11) is 0. The van der Waals surface area contributed by atoms with Crippen molar-refractivity contribution in [1.29, 1.82) is 0 Å². The van der Waals surface area contributed by atoms with E-state index < -0.39 is 11.8 Å². The van der Waals surface area contributed by atoms with E-state index in [9.17, 15) is 9.18 Å². The van der Waals surface area contributed by atoms with Gasteiger partial charge in [0.2, 0.25) is 5.88 Å². The predicted molar refractivity (Wildman–Crippen MR) is 112 cm³/mol. The molecular formula is C22H19FN4O2. The summed E-state index contributed by atoms with van der Waals surface area (Å²) in [4.78, 5) is 12.2. The summed E-state index contributed by atoms with van der Waals surface area (Å²) in [5.74, 6) is -0.226. The zero-order valence-corrected chi connectivity index (χ0v) is 15.9. The van der Waals surface area contributed by atoms with Crippen LogP contribution >= 0.6 is 0 Å². The molecule has 0 unspecified atom stereocenters. The van der Waals surface area contributed by atoms with E-state index in [1.165, 1.54) is 6.07 Å². The van der Waals surface area contributed by atoms with Crippen LogP contribution in [0.15, 0.2) is 59.1 Å². The van der Waals surface area contributed by atoms with Crippen molar-refractivity contribution in [3.05, 3.63) is 71.5 Å². The van der Waals surface area contributed by atoms with Gasteiger partial charge in [-0.25, -0.2) is 9.18 Å². The first-order chi connectivity index (χ1) is 13.9. The Morgan fingerprint density at radius 3 is 2.55 bits per heavy atom. The number of hydrogen-bond donors (Lipinski definition) is 3. The van der Waals surface area contributed by atoms with Gasteiger partial charge in [0.1, 0.15) is 11.3 Å². The van der Waals surface area contributed by atoms with E-state index in [0.717, 1.165) is 33.2 Å². The molecule has 0 aliphatic heterocycles. The van der Waals surface area contributed by atoms with Crippen molar-refractivity contribution in [2.24, 2.45) is 0 Å². The lowest BCUT2D eigenvalue weighted by Crippen LogP contribution is -2.20. The molecule has 0 saturated heterocycles. The normalized spacial score (nSPS) is 10.9. The van der Waals surface area contributed by atoms with Crippen molar-refractivity contribution in [2.75, 3.05) is 16.4 Å². The maximum absolute atomic E-state index is 13.8. The van der Waals surface area contributed by atoms with Crippen molar-refractivity contribution in [3.8, 4) is 11.1 Å². The average Bonchev–Trinajstić information content (AvgIpc) is 3.09. The Morgan fingerprint density at radius 1 is 1.03 bits per heavy atom. The quantitative estimate of drug-likeness (QED) is 0.432. The van der Waals surface area contributed by atoms with Gasteiger partial charge in [-0.3, -0.25) is 0 Å². The minimum atomic E-state index is -0.525. The summed E-state index contributed by atoms with van der Waals surface area (Å²) < 4.78 is 18.9. The van der Waals surface area contributed by atoms with Gasteiger partial charge in [0.25, 0.3) is 0 Å². The Balaban J connectivity index is 1.54. The Bertz CT molecular complexity index is 1220. The Morgan fingerprint density at radius 2 is 1.79 bits per heavy atom. The zero-order valence-electron chi connectivity index (χ0n) is 15.9. The largest absolute Gasteiger partial charge is 0.367 e. The molecule has 29 heavy (non-hydrogen) atoms. The molecule has 0 atom stereocenters. The molecule has 2 amide bonds. The highest BCUT2D eigenvalue weighted by molar-refractivity contribution is 6.03. The van der Waals surface area contributed by atoms with Gasteiger partial charge in [0.15, 0.2) is 0 Å². The number of halogens is 1. The van der Waals surface area contributed by atoms with Gasteiger partial charge in [-0.1, -0.05) is 35.5 Å². The fourth-order valence-electron chi connectivity index (χ4n) is 3.20. The van der Waals surface area contributed by atoms with E-state index in [2.05, 4.69) is 15.8 Å². The van der Waals surface area contributed by atoms with Gasteiger partial charge in [-0.05, 0) is 60.4 Å². The summed E-state index contributed by atoms with van der Waals surface area (Å²) >= 11 is 0. The lowest BCUT2D eigenvalue weighted by Gasteiger charge is -2.10. The molecular weight excluding hydrogens is 371 g/mol. The van der Waals surface area contributed by atoms with Crippen molar-refractivity contribution in [1.82, 2.24) is 5.16 Å². The third-order valence-corrected chi connectivity index (χ3v) is 4.69. The van der Waals surface area contributed by atoms with Crippen LogP contribution in [0.25, 0.3) is 22.0 Å². The van der Waals surface area contributed by atoms with Crippen molar-refractivity contribution < 1.29 is 13.7 Å². The molecule has 0 spiro atoms. The van der Waals surface area contributed by atoms with Crippen LogP contribution in [-0.4, -0.2) is 11.2 Å². The Hall–Kier alpha value is -3.87. The summed E-state index contributed by atoms with van der Waals surface area (Å²) in [6.45, 7) is 3.77. The average molecular weight is 390 g/mol. The van der Waals surface area contributed by atoms with Gasteiger partial charge in [-0.2, -0.15) is 0 Å². The van der Waals surface area contributed by atoms with Crippen LogP contribution in [0.5, 0.6) is 0 Å². The number of urea groups is 1. The minimum Gasteiger partial charge on any atom is -0.367 e. The second kappa shape index (κ2) is 7.27. The van der Waals surface area contributed by atoms with E-state index in [4.69, 9.17) is 10.3 Å². The number of nitrogens with zero attached hydrogens (tertiary/aromatic N) is 1. The maximum atomic E-state index is 13.8. The zero-order chi connectivity index (χ0) is 20.5. The van der Waals surface area contributed by atoms with E-state index in [1.54, 1.807) is 24.3 Å². The highest BCUT2D eigenvalue weighted by Crippen LogP contribution is 2.34. The predicted octanol–water partition coefficient (Wildman–Crippen LogP) is 5.48. The van der Waals surface area contributed by atoms with Crippen molar-refractivity contribution in [2.45, 2.75) is 13.8 Å². The second-order valence-electron chi connectivity index (χ2n) is 6.84. The van der Waals surface area contributed by atoms with Gasteiger partial charge < -0.3 is 20.9 Å². The maximum Gasteiger partial charge on any atom is 0.323 e. The number of carbonyl (C=O) groups excluding carboxylic acids is 1. The third kappa shape index (κ3) is 3.62. The lowest BCUT2D eigenvalue weighted by atomic mass is 9.99. The molecule has 0 bridgehead atoms.